The summed E-state index contributed by atoms with van der Waals surface area (Å²) in [6.07, 6.45) is 6.19. The molecule has 2 heteroatoms. The Kier molecular flexibility index (Phi) is 2.54. The van der Waals surface area contributed by atoms with Crippen LogP contribution in [-0.2, 0) is 6.42 Å². The number of aryl methyl sites for hydroxylation is 1. The monoisotopic (exact) mass is 184 g/mol. The van der Waals surface area contributed by atoms with Gasteiger partial charge in [-0.25, -0.2) is 9.97 Å². The third kappa shape index (κ3) is 1.96. The molecule has 14 heavy (non-hydrogen) atoms. The third-order valence-corrected chi connectivity index (χ3v) is 2.27. The number of hydrogen-bond acceptors (Lipinski definition) is 2. The third-order valence-electron chi connectivity index (χ3n) is 2.27. The number of hydrogen-bond donors (Lipinski definition) is 0. The van der Waals surface area contributed by atoms with Gasteiger partial charge in [-0.15, -0.1) is 0 Å². The van der Waals surface area contributed by atoms with Crippen molar-refractivity contribution < 1.29 is 0 Å². The Balaban J connectivity index is 2.24. The lowest BCUT2D eigenvalue weighted by atomic mass is 10.0. The summed E-state index contributed by atoms with van der Waals surface area (Å²) in [6, 6.07) is 8.38. The molecule has 2 aromatic rings. The van der Waals surface area contributed by atoms with Crippen LogP contribution >= 0.6 is 0 Å². The lowest BCUT2D eigenvalue weighted by Crippen LogP contribution is -1.92. The van der Waals surface area contributed by atoms with Gasteiger partial charge in [0.15, 0.2) is 0 Å². The van der Waals surface area contributed by atoms with Crippen molar-refractivity contribution in [1.82, 2.24) is 9.97 Å². The van der Waals surface area contributed by atoms with Crippen molar-refractivity contribution >= 4 is 0 Å². The summed E-state index contributed by atoms with van der Waals surface area (Å²) in [4.78, 5) is 8.00. The van der Waals surface area contributed by atoms with Gasteiger partial charge in [-0.3, -0.25) is 0 Å². The predicted octanol–water partition coefficient (Wildman–Crippen LogP) is 2.38. The number of aromatic nitrogens is 2. The van der Waals surface area contributed by atoms with Crippen LogP contribution < -0.4 is 0 Å². The molecule has 0 aliphatic heterocycles. The smallest absolute Gasteiger partial charge is 0.115 e. The Morgan fingerprint density at radius 1 is 1.07 bits per heavy atom. The van der Waals surface area contributed by atoms with Gasteiger partial charge in [0.1, 0.15) is 6.33 Å². The van der Waals surface area contributed by atoms with Crippen LogP contribution in [0.1, 0.15) is 16.7 Å². The zero-order valence-electron chi connectivity index (χ0n) is 8.14. The molecule has 70 valence electrons. The molecule has 0 spiro atoms. The van der Waals surface area contributed by atoms with Gasteiger partial charge in [0.2, 0.25) is 0 Å². The molecule has 0 N–H and O–H groups in total. The molecule has 0 atom stereocenters. The Hall–Kier alpha value is -1.70. The molecule has 0 saturated heterocycles. The SMILES string of the molecule is Cc1ccccc1Cc1cncnc1. The fourth-order valence-corrected chi connectivity index (χ4v) is 1.45. The quantitative estimate of drug-likeness (QED) is 0.716. The van der Waals surface area contributed by atoms with Crippen molar-refractivity contribution in [1.29, 1.82) is 0 Å². The molecular weight excluding hydrogens is 172 g/mol. The first-order valence-corrected chi connectivity index (χ1v) is 4.64. The fourth-order valence-electron chi connectivity index (χ4n) is 1.45. The number of rotatable bonds is 2. The maximum absolute atomic E-state index is 4.00. The minimum atomic E-state index is 0.910. The second-order valence-electron chi connectivity index (χ2n) is 3.35. The molecule has 0 bridgehead atoms. The maximum Gasteiger partial charge on any atom is 0.115 e. The van der Waals surface area contributed by atoms with Gasteiger partial charge >= 0.3 is 0 Å². The van der Waals surface area contributed by atoms with Crippen molar-refractivity contribution in [3.05, 3.63) is 59.7 Å². The highest BCUT2D eigenvalue weighted by atomic mass is 14.8. The lowest BCUT2D eigenvalue weighted by Gasteiger charge is -2.03. The molecule has 0 fully saturated rings. The van der Waals surface area contributed by atoms with E-state index < -0.39 is 0 Å². The van der Waals surface area contributed by atoms with E-state index in [9.17, 15) is 0 Å². The molecule has 0 unspecified atom stereocenters. The van der Waals surface area contributed by atoms with Crippen LogP contribution in [0.25, 0.3) is 0 Å². The Labute approximate surface area is 83.7 Å². The van der Waals surface area contributed by atoms with Crippen molar-refractivity contribution in [3.63, 3.8) is 0 Å². The van der Waals surface area contributed by atoms with Crippen molar-refractivity contribution in [2.75, 3.05) is 0 Å². The zero-order chi connectivity index (χ0) is 9.80. The van der Waals surface area contributed by atoms with E-state index in [-0.39, 0.29) is 0 Å². The first kappa shape index (κ1) is 8.88. The first-order chi connectivity index (χ1) is 6.86. The standard InChI is InChI=1S/C12H12N2/c1-10-4-2-3-5-12(10)6-11-7-13-9-14-8-11/h2-5,7-9H,6H2,1H3. The first-order valence-electron chi connectivity index (χ1n) is 4.64. The molecule has 0 amide bonds. The van der Waals surface area contributed by atoms with Crippen LogP contribution in [0.15, 0.2) is 43.0 Å². The number of benzene rings is 1. The second-order valence-corrected chi connectivity index (χ2v) is 3.35. The second kappa shape index (κ2) is 4.01. The summed E-state index contributed by atoms with van der Waals surface area (Å²) >= 11 is 0. The molecule has 2 nitrogen and oxygen atoms in total. The van der Waals surface area contributed by atoms with Crippen LogP contribution in [0.2, 0.25) is 0 Å². The van der Waals surface area contributed by atoms with Crippen molar-refractivity contribution in [2.24, 2.45) is 0 Å². The van der Waals surface area contributed by atoms with Crippen LogP contribution in [0.4, 0.5) is 0 Å². The van der Waals surface area contributed by atoms with Gasteiger partial charge in [-0.1, -0.05) is 24.3 Å². The van der Waals surface area contributed by atoms with E-state index in [1.165, 1.54) is 11.1 Å². The van der Waals surface area contributed by atoms with E-state index >= 15 is 0 Å². The molecule has 0 saturated carbocycles. The number of nitrogens with zero attached hydrogens (tertiary/aromatic N) is 2. The van der Waals surface area contributed by atoms with E-state index in [1.807, 2.05) is 12.4 Å². The van der Waals surface area contributed by atoms with E-state index in [2.05, 4.69) is 41.2 Å². The zero-order valence-corrected chi connectivity index (χ0v) is 8.14. The minimum absolute atomic E-state index is 0.910. The molecule has 0 aliphatic carbocycles. The molecule has 1 aromatic carbocycles. The minimum Gasteiger partial charge on any atom is -0.245 e. The average molecular weight is 184 g/mol. The van der Waals surface area contributed by atoms with Gasteiger partial charge in [-0.2, -0.15) is 0 Å². The molecule has 2 rings (SSSR count). The van der Waals surface area contributed by atoms with Gasteiger partial charge in [-0.05, 0) is 23.6 Å². The summed E-state index contributed by atoms with van der Waals surface area (Å²) in [6.45, 7) is 2.12. The topological polar surface area (TPSA) is 25.8 Å². The summed E-state index contributed by atoms with van der Waals surface area (Å²) in [5.41, 5.74) is 3.81. The highest BCUT2D eigenvalue weighted by Crippen LogP contribution is 2.11. The summed E-state index contributed by atoms with van der Waals surface area (Å²) in [7, 11) is 0. The lowest BCUT2D eigenvalue weighted by molar-refractivity contribution is 1.06. The van der Waals surface area contributed by atoms with Crippen LogP contribution in [-0.4, -0.2) is 9.97 Å². The molecule has 1 heterocycles. The van der Waals surface area contributed by atoms with Crippen LogP contribution in [0.3, 0.4) is 0 Å². The average Bonchev–Trinajstić information content (AvgIpc) is 2.23. The van der Waals surface area contributed by atoms with E-state index in [4.69, 9.17) is 0 Å². The summed E-state index contributed by atoms with van der Waals surface area (Å²) in [5.74, 6) is 0. The summed E-state index contributed by atoms with van der Waals surface area (Å²) in [5, 5.41) is 0. The molecule has 0 aliphatic rings. The van der Waals surface area contributed by atoms with E-state index in [0.29, 0.717) is 0 Å². The molecular formula is C12H12N2. The van der Waals surface area contributed by atoms with Gasteiger partial charge in [0.25, 0.3) is 0 Å². The predicted molar refractivity (Wildman–Crippen MR) is 56.0 cm³/mol. The molecule has 1 aromatic heterocycles. The van der Waals surface area contributed by atoms with Crippen LogP contribution in [0, 0.1) is 6.92 Å². The highest BCUT2D eigenvalue weighted by molar-refractivity contribution is 5.29. The normalized spacial score (nSPS) is 10.1. The van der Waals surface area contributed by atoms with Gasteiger partial charge < -0.3 is 0 Å². The molecule has 0 radical (unpaired) electrons. The van der Waals surface area contributed by atoms with E-state index in [1.54, 1.807) is 6.33 Å². The maximum atomic E-state index is 4.00. The van der Waals surface area contributed by atoms with E-state index in [0.717, 1.165) is 12.0 Å². The highest BCUT2D eigenvalue weighted by Gasteiger charge is 1.98. The summed E-state index contributed by atoms with van der Waals surface area (Å²) < 4.78 is 0. The van der Waals surface area contributed by atoms with Gasteiger partial charge in [0.05, 0.1) is 0 Å². The van der Waals surface area contributed by atoms with Gasteiger partial charge in [0, 0.05) is 18.8 Å². The Bertz CT molecular complexity index is 410. The largest absolute Gasteiger partial charge is 0.245 e. The fraction of sp³-hybridized carbons (Fsp3) is 0.167. The Morgan fingerprint density at radius 3 is 2.50 bits per heavy atom. The Morgan fingerprint density at radius 2 is 1.79 bits per heavy atom. The van der Waals surface area contributed by atoms with Crippen molar-refractivity contribution in [2.45, 2.75) is 13.3 Å². The van der Waals surface area contributed by atoms with Crippen molar-refractivity contribution in [3.8, 4) is 0 Å². The van der Waals surface area contributed by atoms with Crippen LogP contribution in [0.5, 0.6) is 0 Å².